The Morgan fingerprint density at radius 2 is 1.74 bits per heavy atom. The van der Waals surface area contributed by atoms with Crippen LogP contribution in [-0.4, -0.2) is 38.1 Å². The number of rotatable bonds is 4. The molecule has 1 fully saturated rings. The van der Waals surface area contributed by atoms with Gasteiger partial charge in [-0.2, -0.15) is 0 Å². The molecule has 0 bridgehead atoms. The zero-order chi connectivity index (χ0) is 13.7. The number of nitrogens with zero attached hydrogens (tertiary/aromatic N) is 1. The van der Waals surface area contributed by atoms with Crippen molar-refractivity contribution < 1.29 is 14.3 Å². The van der Waals surface area contributed by atoms with Gasteiger partial charge in [0, 0.05) is 19.2 Å². The predicted molar refractivity (Wildman–Crippen MR) is 74.4 cm³/mol. The van der Waals surface area contributed by atoms with E-state index in [2.05, 4.69) is 0 Å². The third-order valence-corrected chi connectivity index (χ3v) is 3.28. The van der Waals surface area contributed by atoms with Crippen molar-refractivity contribution in [2.75, 3.05) is 27.3 Å². The summed E-state index contributed by atoms with van der Waals surface area (Å²) < 4.78 is 10.6. The summed E-state index contributed by atoms with van der Waals surface area (Å²) in [5, 5.41) is 0. The van der Waals surface area contributed by atoms with Crippen LogP contribution in [0.15, 0.2) is 24.3 Å². The average molecular weight is 261 g/mol. The van der Waals surface area contributed by atoms with Gasteiger partial charge in [-0.05, 0) is 31.1 Å². The molecule has 2 rings (SSSR count). The first-order valence-corrected chi connectivity index (χ1v) is 6.44. The summed E-state index contributed by atoms with van der Waals surface area (Å²) in [4.78, 5) is 13.8. The summed E-state index contributed by atoms with van der Waals surface area (Å²) in [5.41, 5.74) is 0.792. The maximum Gasteiger partial charge on any atom is 0.246 e. The summed E-state index contributed by atoms with van der Waals surface area (Å²) >= 11 is 0. The minimum absolute atomic E-state index is 0.0467. The highest BCUT2D eigenvalue weighted by atomic mass is 16.5. The quantitative estimate of drug-likeness (QED) is 0.781. The number of carbonyl (C=O) groups excluding carboxylic acids is 1. The number of benzene rings is 1. The molecule has 4 heteroatoms. The minimum atomic E-state index is 0.0467. The molecule has 0 aromatic heterocycles. The van der Waals surface area contributed by atoms with Crippen molar-refractivity contribution >= 4 is 12.0 Å². The molecule has 0 unspecified atom stereocenters. The van der Waals surface area contributed by atoms with E-state index < -0.39 is 0 Å². The van der Waals surface area contributed by atoms with E-state index in [0.717, 1.165) is 31.5 Å². The van der Waals surface area contributed by atoms with Crippen LogP contribution in [0.2, 0.25) is 0 Å². The first-order chi connectivity index (χ1) is 9.26. The number of amides is 1. The van der Waals surface area contributed by atoms with Crippen molar-refractivity contribution in [3.05, 3.63) is 29.8 Å². The molecule has 0 radical (unpaired) electrons. The molecule has 1 heterocycles. The molecule has 4 nitrogen and oxygen atoms in total. The molecule has 0 saturated carbocycles. The van der Waals surface area contributed by atoms with Gasteiger partial charge in [-0.15, -0.1) is 0 Å². The number of hydrogen-bond donors (Lipinski definition) is 0. The van der Waals surface area contributed by atoms with Crippen LogP contribution < -0.4 is 9.47 Å². The molecular formula is C15H19NO3. The Morgan fingerprint density at radius 3 is 2.26 bits per heavy atom. The lowest BCUT2D eigenvalue weighted by Gasteiger charge is -2.13. The van der Waals surface area contributed by atoms with Gasteiger partial charge in [0.2, 0.25) is 5.91 Å². The molecule has 1 aromatic carbocycles. The van der Waals surface area contributed by atoms with Gasteiger partial charge in [-0.1, -0.05) is 6.07 Å². The van der Waals surface area contributed by atoms with E-state index >= 15 is 0 Å². The second-order valence-corrected chi connectivity index (χ2v) is 4.44. The Morgan fingerprint density at radius 1 is 1.16 bits per heavy atom. The fourth-order valence-electron chi connectivity index (χ4n) is 2.24. The summed E-state index contributed by atoms with van der Waals surface area (Å²) in [6.45, 7) is 1.71. The normalized spacial score (nSPS) is 14.9. The fourth-order valence-corrected chi connectivity index (χ4v) is 2.24. The maximum atomic E-state index is 12.0. The van der Waals surface area contributed by atoms with E-state index in [1.807, 2.05) is 23.1 Å². The Hall–Kier alpha value is -1.97. The first kappa shape index (κ1) is 13.5. The van der Waals surface area contributed by atoms with Crippen molar-refractivity contribution in [2.24, 2.45) is 0 Å². The second kappa shape index (κ2) is 6.27. The van der Waals surface area contributed by atoms with Crippen LogP contribution in [-0.2, 0) is 4.79 Å². The number of hydrogen-bond acceptors (Lipinski definition) is 3. The fraction of sp³-hybridized carbons (Fsp3) is 0.400. The van der Waals surface area contributed by atoms with E-state index in [0.29, 0.717) is 11.5 Å². The lowest BCUT2D eigenvalue weighted by molar-refractivity contribution is -0.124. The third kappa shape index (κ3) is 3.08. The van der Waals surface area contributed by atoms with E-state index in [-0.39, 0.29) is 5.91 Å². The van der Waals surface area contributed by atoms with Gasteiger partial charge in [0.25, 0.3) is 0 Å². The van der Waals surface area contributed by atoms with Crippen molar-refractivity contribution in [3.63, 3.8) is 0 Å². The molecule has 0 atom stereocenters. The number of likely N-dealkylation sites (tertiary alicyclic amines) is 1. The van der Waals surface area contributed by atoms with Crippen LogP contribution >= 0.6 is 0 Å². The summed E-state index contributed by atoms with van der Waals surface area (Å²) in [6.07, 6.45) is 5.54. The predicted octanol–water partition coefficient (Wildman–Crippen LogP) is 2.34. The molecule has 0 aliphatic carbocycles. The molecule has 0 spiro atoms. The third-order valence-electron chi connectivity index (χ3n) is 3.28. The molecule has 1 aromatic rings. The van der Waals surface area contributed by atoms with Crippen molar-refractivity contribution in [1.82, 2.24) is 4.90 Å². The van der Waals surface area contributed by atoms with Crippen molar-refractivity contribution in [1.29, 1.82) is 0 Å². The summed E-state index contributed by atoms with van der Waals surface area (Å²) in [7, 11) is 3.21. The van der Waals surface area contributed by atoms with Crippen molar-refractivity contribution in [2.45, 2.75) is 12.8 Å². The van der Waals surface area contributed by atoms with Crippen LogP contribution in [0.4, 0.5) is 0 Å². The molecule has 1 saturated heterocycles. The van der Waals surface area contributed by atoms with Crippen LogP contribution in [0.5, 0.6) is 11.5 Å². The number of carbonyl (C=O) groups is 1. The van der Waals surface area contributed by atoms with Gasteiger partial charge in [-0.25, -0.2) is 0 Å². The highest BCUT2D eigenvalue weighted by molar-refractivity contribution is 5.92. The van der Waals surface area contributed by atoms with Gasteiger partial charge in [0.05, 0.1) is 19.8 Å². The lowest BCUT2D eigenvalue weighted by Crippen LogP contribution is -2.25. The van der Waals surface area contributed by atoms with E-state index in [1.54, 1.807) is 26.4 Å². The smallest absolute Gasteiger partial charge is 0.246 e. The Balaban J connectivity index is 2.19. The second-order valence-electron chi connectivity index (χ2n) is 4.44. The monoisotopic (exact) mass is 261 g/mol. The van der Waals surface area contributed by atoms with Gasteiger partial charge in [0.15, 0.2) is 0 Å². The van der Waals surface area contributed by atoms with Gasteiger partial charge >= 0.3 is 0 Å². The van der Waals surface area contributed by atoms with Crippen LogP contribution in [0.1, 0.15) is 18.4 Å². The molecule has 19 heavy (non-hydrogen) atoms. The van der Waals surface area contributed by atoms with Crippen LogP contribution in [0.25, 0.3) is 6.08 Å². The Kier molecular flexibility index (Phi) is 4.44. The summed E-state index contributed by atoms with van der Waals surface area (Å²) in [6, 6.07) is 5.56. The van der Waals surface area contributed by atoms with Crippen LogP contribution in [0.3, 0.4) is 0 Å². The first-order valence-electron chi connectivity index (χ1n) is 6.44. The van der Waals surface area contributed by atoms with E-state index in [9.17, 15) is 4.79 Å². The Labute approximate surface area is 113 Å². The lowest BCUT2D eigenvalue weighted by atomic mass is 10.1. The molecule has 0 N–H and O–H groups in total. The highest BCUT2D eigenvalue weighted by Gasteiger charge is 2.15. The SMILES string of the molecule is COc1cccc(OC)c1/C=C/C(=O)N1CCCC1. The van der Waals surface area contributed by atoms with E-state index in [4.69, 9.17) is 9.47 Å². The topological polar surface area (TPSA) is 38.8 Å². The van der Waals surface area contributed by atoms with Crippen molar-refractivity contribution in [3.8, 4) is 11.5 Å². The largest absolute Gasteiger partial charge is 0.496 e. The van der Waals surface area contributed by atoms with E-state index in [1.165, 1.54) is 0 Å². The van der Waals surface area contributed by atoms with Gasteiger partial charge < -0.3 is 14.4 Å². The molecular weight excluding hydrogens is 242 g/mol. The summed E-state index contributed by atoms with van der Waals surface area (Å²) in [5.74, 6) is 1.44. The zero-order valence-electron chi connectivity index (χ0n) is 11.4. The minimum Gasteiger partial charge on any atom is -0.496 e. The molecule has 102 valence electrons. The standard InChI is InChI=1S/C15H19NO3/c1-18-13-6-5-7-14(19-2)12(13)8-9-15(17)16-10-3-4-11-16/h5-9H,3-4,10-11H2,1-2H3/b9-8+. The van der Waals surface area contributed by atoms with Crippen LogP contribution in [0, 0.1) is 0 Å². The highest BCUT2D eigenvalue weighted by Crippen LogP contribution is 2.29. The Bertz CT molecular complexity index is 454. The molecule has 1 aliphatic heterocycles. The maximum absolute atomic E-state index is 12.0. The number of methoxy groups -OCH3 is 2. The average Bonchev–Trinajstić information content (AvgIpc) is 2.98. The van der Waals surface area contributed by atoms with Gasteiger partial charge in [-0.3, -0.25) is 4.79 Å². The molecule has 1 amide bonds. The zero-order valence-corrected chi connectivity index (χ0v) is 11.4. The molecule has 1 aliphatic rings. The number of ether oxygens (including phenoxy) is 2. The van der Waals surface area contributed by atoms with Gasteiger partial charge in [0.1, 0.15) is 11.5 Å².